The smallest absolute Gasteiger partial charge is 0.744 e. The van der Waals surface area contributed by atoms with Gasteiger partial charge in [0.25, 0.3) is 0 Å². The van der Waals surface area contributed by atoms with Crippen LogP contribution >= 0.6 is 0 Å². The molecule has 0 heterocycles. The van der Waals surface area contributed by atoms with Crippen LogP contribution in [-0.2, 0) is 20.2 Å². The SMILES string of the molecule is Cc1cc(S(=O)(=O)[O-])c2cccc(S(=O)(=O)[O-])c2c1.[Li+].[Li+]. The summed E-state index contributed by atoms with van der Waals surface area (Å²) >= 11 is 0. The molecule has 0 saturated carbocycles. The van der Waals surface area contributed by atoms with Crippen LogP contribution in [0.4, 0.5) is 0 Å². The van der Waals surface area contributed by atoms with E-state index in [1.807, 2.05) is 0 Å². The maximum atomic E-state index is 11.2. The third-order valence-electron chi connectivity index (χ3n) is 2.60. The average molecular weight is 314 g/mol. The van der Waals surface area contributed by atoms with Crippen LogP contribution in [0.25, 0.3) is 10.8 Å². The summed E-state index contributed by atoms with van der Waals surface area (Å²) in [6.07, 6.45) is 0. The Kier molecular flexibility index (Phi) is 6.77. The molecule has 0 N–H and O–H groups in total. The van der Waals surface area contributed by atoms with Gasteiger partial charge in [0.15, 0.2) is 0 Å². The molecule has 2 aromatic rings. The maximum Gasteiger partial charge on any atom is 1.00 e. The van der Waals surface area contributed by atoms with Gasteiger partial charge in [0, 0.05) is 10.8 Å². The normalized spacial score (nSPS) is 11.6. The summed E-state index contributed by atoms with van der Waals surface area (Å²) in [5.41, 5.74) is 0.373. The van der Waals surface area contributed by atoms with Crippen LogP contribution in [0.5, 0.6) is 0 Å². The van der Waals surface area contributed by atoms with Crippen LogP contribution in [0.1, 0.15) is 5.56 Å². The first-order chi connectivity index (χ1) is 8.60. The van der Waals surface area contributed by atoms with E-state index in [-0.39, 0.29) is 48.5 Å². The average Bonchev–Trinajstić information content (AvgIpc) is 2.24. The minimum atomic E-state index is -4.76. The number of aryl methyl sites for hydroxylation is 1. The van der Waals surface area contributed by atoms with Gasteiger partial charge in [-0.25, -0.2) is 16.8 Å². The fourth-order valence-corrected chi connectivity index (χ4v) is 3.35. The van der Waals surface area contributed by atoms with Crippen molar-refractivity contribution in [1.82, 2.24) is 0 Å². The van der Waals surface area contributed by atoms with Crippen LogP contribution in [0, 0.1) is 6.92 Å². The van der Waals surface area contributed by atoms with Crippen LogP contribution in [-0.4, -0.2) is 25.9 Å². The van der Waals surface area contributed by atoms with Crippen molar-refractivity contribution in [3.63, 3.8) is 0 Å². The summed E-state index contributed by atoms with van der Waals surface area (Å²) < 4.78 is 66.9. The molecule has 0 bridgehead atoms. The van der Waals surface area contributed by atoms with Gasteiger partial charge in [-0.2, -0.15) is 0 Å². The zero-order chi connectivity index (χ0) is 14.4. The molecule has 0 aliphatic carbocycles. The Morgan fingerprint density at radius 3 is 1.81 bits per heavy atom. The minimum absolute atomic E-state index is 0. The predicted octanol–water partition coefficient (Wildman–Crippen LogP) is -5.04. The Morgan fingerprint density at radius 1 is 0.810 bits per heavy atom. The molecule has 0 unspecified atom stereocenters. The van der Waals surface area contributed by atoms with Gasteiger partial charge in [-0.1, -0.05) is 18.2 Å². The summed E-state index contributed by atoms with van der Waals surface area (Å²) in [6, 6.07) is 6.08. The van der Waals surface area contributed by atoms with Crippen LogP contribution in [0.3, 0.4) is 0 Å². The molecule has 0 aliphatic rings. The van der Waals surface area contributed by atoms with Gasteiger partial charge < -0.3 is 9.11 Å². The molecule has 0 amide bonds. The summed E-state index contributed by atoms with van der Waals surface area (Å²) in [7, 11) is -9.52. The summed E-state index contributed by atoms with van der Waals surface area (Å²) in [6.45, 7) is 1.50. The van der Waals surface area contributed by atoms with Gasteiger partial charge >= 0.3 is 37.7 Å². The third-order valence-corrected chi connectivity index (χ3v) is 4.37. The van der Waals surface area contributed by atoms with Crippen LogP contribution in [0.15, 0.2) is 40.1 Å². The fraction of sp³-hybridized carbons (Fsp3) is 0.0909. The molecule has 2 rings (SSSR count). The van der Waals surface area contributed by atoms with Crippen molar-refractivity contribution in [3.05, 3.63) is 35.9 Å². The molecule has 6 nitrogen and oxygen atoms in total. The van der Waals surface area contributed by atoms with Gasteiger partial charge in [-0.15, -0.1) is 0 Å². The Bertz CT molecular complexity index is 875. The monoisotopic (exact) mass is 314 g/mol. The van der Waals surface area contributed by atoms with E-state index < -0.39 is 30.0 Å². The van der Waals surface area contributed by atoms with E-state index in [1.165, 1.54) is 25.1 Å². The number of rotatable bonds is 2. The third kappa shape index (κ3) is 4.35. The van der Waals surface area contributed by atoms with E-state index in [0.29, 0.717) is 5.56 Å². The Labute approximate surface area is 146 Å². The first-order valence-electron chi connectivity index (χ1n) is 5.06. The maximum absolute atomic E-state index is 11.2. The van der Waals surface area contributed by atoms with Crippen molar-refractivity contribution in [2.75, 3.05) is 0 Å². The summed E-state index contributed by atoms with van der Waals surface area (Å²) in [5, 5.41) is -0.135. The Morgan fingerprint density at radius 2 is 1.33 bits per heavy atom. The van der Waals surface area contributed by atoms with Crippen LogP contribution < -0.4 is 37.7 Å². The first kappa shape index (κ1) is 20.7. The van der Waals surface area contributed by atoms with E-state index in [2.05, 4.69) is 0 Å². The topological polar surface area (TPSA) is 114 Å². The number of hydrogen-bond acceptors (Lipinski definition) is 6. The molecule has 0 aromatic heterocycles. The number of fused-ring (bicyclic) bond motifs is 1. The Balaban J connectivity index is 0.00000200. The second kappa shape index (κ2) is 6.86. The predicted molar refractivity (Wildman–Crippen MR) is 64.6 cm³/mol. The van der Waals surface area contributed by atoms with E-state index in [9.17, 15) is 25.9 Å². The van der Waals surface area contributed by atoms with E-state index in [0.717, 1.165) is 12.1 Å². The van der Waals surface area contributed by atoms with E-state index in [1.54, 1.807) is 0 Å². The van der Waals surface area contributed by atoms with Gasteiger partial charge in [0.05, 0.1) is 9.79 Å². The van der Waals surface area contributed by atoms with Gasteiger partial charge in [0.1, 0.15) is 20.2 Å². The van der Waals surface area contributed by atoms with Crippen LogP contribution in [0.2, 0.25) is 0 Å². The molecule has 0 atom stereocenters. The summed E-state index contributed by atoms with van der Waals surface area (Å²) in [5.74, 6) is 0. The number of hydrogen-bond donors (Lipinski definition) is 0. The molecule has 0 radical (unpaired) electrons. The molecular formula is C11H8Li2O6S2. The van der Waals surface area contributed by atoms with E-state index in [4.69, 9.17) is 0 Å². The summed E-state index contributed by atoms with van der Waals surface area (Å²) in [4.78, 5) is -1.08. The minimum Gasteiger partial charge on any atom is -0.744 e. The van der Waals surface area contributed by atoms with Crippen molar-refractivity contribution in [2.24, 2.45) is 0 Å². The first-order valence-corrected chi connectivity index (χ1v) is 7.87. The van der Waals surface area contributed by atoms with Crippen molar-refractivity contribution < 1.29 is 63.7 Å². The second-order valence-electron chi connectivity index (χ2n) is 4.02. The zero-order valence-corrected chi connectivity index (χ0v) is 13.3. The van der Waals surface area contributed by atoms with Crippen molar-refractivity contribution in [2.45, 2.75) is 16.7 Å². The van der Waals surface area contributed by atoms with Gasteiger partial charge in [0.2, 0.25) is 0 Å². The molecule has 102 valence electrons. The van der Waals surface area contributed by atoms with Gasteiger partial charge in [-0.3, -0.25) is 0 Å². The van der Waals surface area contributed by atoms with Crippen molar-refractivity contribution >= 4 is 31.0 Å². The Hall–Kier alpha value is -0.285. The molecule has 0 fully saturated rings. The molecule has 21 heavy (non-hydrogen) atoms. The van der Waals surface area contributed by atoms with Crippen molar-refractivity contribution in [3.8, 4) is 0 Å². The van der Waals surface area contributed by atoms with E-state index >= 15 is 0 Å². The molecular weight excluding hydrogens is 306 g/mol. The molecule has 2 aromatic carbocycles. The van der Waals surface area contributed by atoms with Crippen molar-refractivity contribution in [1.29, 1.82) is 0 Å². The standard InChI is InChI=1S/C11H10O6S2.2Li/c1-7-5-9-8(11(6-7)19(15,16)17)3-2-4-10(9)18(12,13)14;;/h2-6H,1H3,(H,12,13,14)(H,15,16,17);;/q;2*+1/p-2. The van der Waals surface area contributed by atoms with Gasteiger partial charge in [-0.05, 0) is 24.6 Å². The fourth-order valence-electron chi connectivity index (χ4n) is 1.89. The molecule has 0 saturated heterocycles. The largest absolute Gasteiger partial charge is 1.00 e. The number of benzene rings is 2. The zero-order valence-electron chi connectivity index (χ0n) is 11.7. The second-order valence-corrected chi connectivity index (χ2v) is 6.72. The molecule has 0 aliphatic heterocycles. The molecule has 10 heteroatoms. The molecule has 0 spiro atoms. The quantitative estimate of drug-likeness (QED) is 0.405.